The zero-order valence-corrected chi connectivity index (χ0v) is 12.6. The maximum Gasteiger partial charge on any atom is 0.189 e. The molecule has 0 atom stereocenters. The molecule has 3 aromatic carbocycles. The van der Waals surface area contributed by atoms with Gasteiger partial charge in [0.15, 0.2) is 5.43 Å². The lowest BCUT2D eigenvalue weighted by molar-refractivity contribution is 0.467. The molecule has 0 saturated heterocycles. The van der Waals surface area contributed by atoms with E-state index in [0.717, 1.165) is 0 Å². The van der Waals surface area contributed by atoms with Crippen LogP contribution in [0.25, 0.3) is 32.6 Å². The summed E-state index contributed by atoms with van der Waals surface area (Å²) in [6.07, 6.45) is 1.48. The van der Waals surface area contributed by atoms with Gasteiger partial charge in [0, 0.05) is 17.4 Å². The van der Waals surface area contributed by atoms with Crippen LogP contribution in [0.1, 0.15) is 0 Å². The zero-order chi connectivity index (χ0) is 16.8. The van der Waals surface area contributed by atoms with E-state index >= 15 is 0 Å². The number of nitrogens with zero attached hydrogens (tertiary/aromatic N) is 2. The molecule has 0 aliphatic rings. The van der Waals surface area contributed by atoms with Crippen LogP contribution in [0.5, 0.6) is 11.5 Å². The van der Waals surface area contributed by atoms with Crippen molar-refractivity contribution in [2.75, 3.05) is 13.1 Å². The molecule has 7 nitrogen and oxygen atoms in total. The highest BCUT2D eigenvalue weighted by atomic mass is 16.3. The predicted molar refractivity (Wildman–Crippen MR) is 91.4 cm³/mol. The van der Waals surface area contributed by atoms with Gasteiger partial charge in [-0.2, -0.15) is 0 Å². The maximum atomic E-state index is 12.3. The number of aromatic hydroxyl groups is 2. The number of hydrogen-bond donors (Lipinski definition) is 4. The molecule has 0 fully saturated rings. The number of benzene rings is 3. The van der Waals surface area contributed by atoms with Crippen molar-refractivity contribution >= 4 is 32.6 Å². The number of H-pyrrole nitrogens is 1. The lowest BCUT2D eigenvalue weighted by atomic mass is 9.98. The van der Waals surface area contributed by atoms with Gasteiger partial charge in [0.05, 0.1) is 39.9 Å². The van der Waals surface area contributed by atoms with Crippen LogP contribution in [0.3, 0.4) is 0 Å². The second-order valence-corrected chi connectivity index (χ2v) is 5.49. The Morgan fingerprint density at radius 1 is 1.08 bits per heavy atom. The van der Waals surface area contributed by atoms with E-state index in [2.05, 4.69) is 15.0 Å². The Morgan fingerprint density at radius 2 is 1.92 bits per heavy atom. The summed E-state index contributed by atoms with van der Waals surface area (Å²) in [5.74, 6) is -0.361. The number of phenols is 2. The SMILES string of the molecule is NCCN=c1ccc2[nH]cnc3c4c(=O)ccc(O)c4c(O)c1c23. The summed E-state index contributed by atoms with van der Waals surface area (Å²) in [6.45, 7) is 0.766. The second-order valence-electron chi connectivity index (χ2n) is 5.49. The summed E-state index contributed by atoms with van der Waals surface area (Å²) in [5.41, 5.74) is 6.33. The maximum absolute atomic E-state index is 12.3. The average molecular weight is 322 g/mol. The number of nitrogens with two attached hydrogens (primary N) is 1. The smallest absolute Gasteiger partial charge is 0.189 e. The minimum atomic E-state index is -0.315. The molecule has 5 N–H and O–H groups in total. The fourth-order valence-electron chi connectivity index (χ4n) is 3.11. The molecule has 7 heteroatoms. The van der Waals surface area contributed by atoms with Crippen molar-refractivity contribution in [2.45, 2.75) is 0 Å². The number of nitrogens with one attached hydrogen (secondary N) is 1. The summed E-state index contributed by atoms with van der Waals surface area (Å²) in [5, 5.41) is 22.8. The molecule has 1 aromatic heterocycles. The molecule has 4 rings (SSSR count). The van der Waals surface area contributed by atoms with E-state index < -0.39 is 0 Å². The molecule has 120 valence electrons. The highest BCUT2D eigenvalue weighted by Gasteiger charge is 2.19. The third-order valence-corrected chi connectivity index (χ3v) is 4.10. The first kappa shape index (κ1) is 14.4. The fourth-order valence-corrected chi connectivity index (χ4v) is 3.11. The van der Waals surface area contributed by atoms with E-state index in [1.54, 1.807) is 6.07 Å². The van der Waals surface area contributed by atoms with Crippen LogP contribution in [0.15, 0.2) is 40.4 Å². The van der Waals surface area contributed by atoms with Crippen molar-refractivity contribution in [1.82, 2.24) is 9.97 Å². The topological polar surface area (TPSA) is 125 Å². The zero-order valence-electron chi connectivity index (χ0n) is 12.6. The van der Waals surface area contributed by atoms with Crippen molar-refractivity contribution in [1.29, 1.82) is 0 Å². The Labute approximate surface area is 135 Å². The highest BCUT2D eigenvalue weighted by Crippen LogP contribution is 2.39. The summed E-state index contributed by atoms with van der Waals surface area (Å²) in [7, 11) is 0. The average Bonchev–Trinajstić information content (AvgIpc) is 2.59. The minimum absolute atomic E-state index is 0.0883. The van der Waals surface area contributed by atoms with Gasteiger partial charge in [0.2, 0.25) is 0 Å². The van der Waals surface area contributed by atoms with Crippen LogP contribution in [0.2, 0.25) is 0 Å². The molecule has 0 aliphatic carbocycles. The summed E-state index contributed by atoms with van der Waals surface area (Å²) in [6, 6.07) is 6.10. The Morgan fingerprint density at radius 3 is 2.71 bits per heavy atom. The standard InChI is InChI=1S/C17H14N4O3/c18-5-6-19-9-2-1-8-12-13(9)17(24)15-11(23)4-3-10(22)14(15)16(12)21-7-20-8/h1-4,7,23-24H,5-6,18H2,(H,20,21). The van der Waals surface area contributed by atoms with Gasteiger partial charge >= 0.3 is 0 Å². The van der Waals surface area contributed by atoms with E-state index in [1.165, 1.54) is 18.5 Å². The van der Waals surface area contributed by atoms with Crippen LogP contribution in [0.4, 0.5) is 0 Å². The molecule has 0 aliphatic heterocycles. The van der Waals surface area contributed by atoms with E-state index in [-0.39, 0.29) is 27.7 Å². The van der Waals surface area contributed by atoms with E-state index in [1.807, 2.05) is 6.07 Å². The van der Waals surface area contributed by atoms with Gasteiger partial charge in [-0.3, -0.25) is 9.79 Å². The first-order valence-corrected chi connectivity index (χ1v) is 7.44. The summed E-state index contributed by atoms with van der Waals surface area (Å²) >= 11 is 0. The third kappa shape index (κ3) is 1.85. The molecule has 0 radical (unpaired) electrons. The van der Waals surface area contributed by atoms with Gasteiger partial charge < -0.3 is 20.9 Å². The van der Waals surface area contributed by atoms with Crippen LogP contribution < -0.4 is 16.5 Å². The van der Waals surface area contributed by atoms with Crippen molar-refractivity contribution < 1.29 is 10.2 Å². The first-order chi connectivity index (χ1) is 11.6. The molecule has 1 heterocycles. The second kappa shape index (κ2) is 5.17. The van der Waals surface area contributed by atoms with Crippen molar-refractivity contribution in [3.05, 3.63) is 46.2 Å². The van der Waals surface area contributed by atoms with Gasteiger partial charge in [-0.25, -0.2) is 4.98 Å². The van der Waals surface area contributed by atoms with Crippen LogP contribution in [-0.4, -0.2) is 33.3 Å². The number of aromatic nitrogens is 2. The number of phenolic OH excluding ortho intramolecular Hbond substituents is 2. The lowest BCUT2D eigenvalue weighted by Gasteiger charge is -2.12. The first-order valence-electron chi connectivity index (χ1n) is 7.44. The summed E-state index contributed by atoms with van der Waals surface area (Å²) < 4.78 is 0. The Bertz CT molecular complexity index is 1210. The number of aromatic amines is 1. The molecule has 0 bridgehead atoms. The number of hydrogen-bond acceptors (Lipinski definition) is 6. The molecule has 0 unspecified atom stereocenters. The Hall–Kier alpha value is -3.19. The third-order valence-electron chi connectivity index (χ3n) is 4.10. The van der Waals surface area contributed by atoms with Crippen molar-refractivity contribution in [3.8, 4) is 11.5 Å². The summed E-state index contributed by atoms with van der Waals surface area (Å²) in [4.78, 5) is 24.0. The molecule has 4 aromatic rings. The van der Waals surface area contributed by atoms with E-state index in [9.17, 15) is 15.0 Å². The fraction of sp³-hybridized carbons (Fsp3) is 0.118. The van der Waals surface area contributed by atoms with Gasteiger partial charge in [0.1, 0.15) is 11.5 Å². The molecular weight excluding hydrogens is 308 g/mol. The number of rotatable bonds is 2. The lowest BCUT2D eigenvalue weighted by Crippen LogP contribution is -2.11. The molecule has 0 saturated carbocycles. The van der Waals surface area contributed by atoms with Crippen LogP contribution in [0, 0.1) is 0 Å². The Balaban J connectivity index is 2.41. The van der Waals surface area contributed by atoms with E-state index in [4.69, 9.17) is 5.73 Å². The van der Waals surface area contributed by atoms with Crippen molar-refractivity contribution in [2.24, 2.45) is 10.7 Å². The highest BCUT2D eigenvalue weighted by molar-refractivity contribution is 6.23. The molecule has 0 amide bonds. The molecule has 24 heavy (non-hydrogen) atoms. The van der Waals surface area contributed by atoms with Crippen molar-refractivity contribution in [3.63, 3.8) is 0 Å². The van der Waals surface area contributed by atoms with Gasteiger partial charge in [0.25, 0.3) is 0 Å². The van der Waals surface area contributed by atoms with Gasteiger partial charge in [-0.15, -0.1) is 0 Å². The largest absolute Gasteiger partial charge is 0.507 e. The quantitative estimate of drug-likeness (QED) is 0.323. The van der Waals surface area contributed by atoms with E-state index in [0.29, 0.717) is 40.3 Å². The number of fused-ring (bicyclic) bond motifs is 2. The Kier molecular flexibility index (Phi) is 3.10. The minimum Gasteiger partial charge on any atom is -0.507 e. The van der Waals surface area contributed by atoms with Crippen LogP contribution in [-0.2, 0) is 0 Å². The molecule has 0 spiro atoms. The molecular formula is C17H14N4O3. The van der Waals surface area contributed by atoms with Crippen LogP contribution >= 0.6 is 0 Å². The van der Waals surface area contributed by atoms with Gasteiger partial charge in [-0.05, 0) is 24.3 Å². The van der Waals surface area contributed by atoms with Gasteiger partial charge in [-0.1, -0.05) is 0 Å². The predicted octanol–water partition coefficient (Wildman–Crippen LogP) is 0.938. The monoisotopic (exact) mass is 322 g/mol. The normalized spacial score (nSPS) is 12.6.